The summed E-state index contributed by atoms with van der Waals surface area (Å²) in [5.41, 5.74) is 2.51. The smallest absolute Gasteiger partial charge is 0.0409 e. The largest absolute Gasteiger partial charge is 0.303 e. The topological polar surface area (TPSA) is 12.0 Å². The molecule has 0 amide bonds. The first-order valence-corrected chi connectivity index (χ1v) is 8.05. The van der Waals surface area contributed by atoms with E-state index in [2.05, 4.69) is 59.4 Å². The standard InChI is InChI=1S/C17H19BrClN/c1-3-17(13-7-6-8-14(19)11-13)20-12(2)15-9-4-5-10-16(15)18/h4-12,17,20H,3H2,1-2H3. The molecular formula is C17H19BrClN. The van der Waals surface area contributed by atoms with Crippen LogP contribution < -0.4 is 5.32 Å². The predicted molar refractivity (Wildman–Crippen MR) is 90.2 cm³/mol. The number of benzene rings is 2. The lowest BCUT2D eigenvalue weighted by molar-refractivity contribution is 0.455. The van der Waals surface area contributed by atoms with Crippen LogP contribution in [0.5, 0.6) is 0 Å². The summed E-state index contributed by atoms with van der Waals surface area (Å²) in [6.45, 7) is 4.37. The molecule has 20 heavy (non-hydrogen) atoms. The van der Waals surface area contributed by atoms with Crippen LogP contribution >= 0.6 is 27.5 Å². The van der Waals surface area contributed by atoms with E-state index in [1.807, 2.05) is 24.3 Å². The Morgan fingerprint density at radius 3 is 2.55 bits per heavy atom. The second kappa shape index (κ2) is 7.26. The molecule has 0 aliphatic heterocycles. The maximum Gasteiger partial charge on any atom is 0.0409 e. The van der Waals surface area contributed by atoms with Crippen LogP contribution in [0.4, 0.5) is 0 Å². The summed E-state index contributed by atoms with van der Waals surface area (Å²) in [4.78, 5) is 0. The van der Waals surface area contributed by atoms with Gasteiger partial charge >= 0.3 is 0 Å². The van der Waals surface area contributed by atoms with E-state index < -0.39 is 0 Å². The normalized spacial score (nSPS) is 14.0. The summed E-state index contributed by atoms with van der Waals surface area (Å²) in [5.74, 6) is 0. The average molecular weight is 353 g/mol. The second-order valence-corrected chi connectivity index (χ2v) is 6.22. The Balaban J connectivity index is 2.16. The maximum absolute atomic E-state index is 6.09. The Labute approximate surface area is 134 Å². The van der Waals surface area contributed by atoms with Gasteiger partial charge < -0.3 is 5.32 Å². The highest BCUT2D eigenvalue weighted by atomic mass is 79.9. The highest BCUT2D eigenvalue weighted by Crippen LogP contribution is 2.27. The fourth-order valence-corrected chi connectivity index (χ4v) is 3.22. The minimum Gasteiger partial charge on any atom is -0.303 e. The van der Waals surface area contributed by atoms with Crippen molar-refractivity contribution in [1.82, 2.24) is 5.32 Å². The van der Waals surface area contributed by atoms with Crippen molar-refractivity contribution < 1.29 is 0 Å². The van der Waals surface area contributed by atoms with E-state index in [0.717, 1.165) is 15.9 Å². The molecule has 0 radical (unpaired) electrons. The zero-order valence-corrected chi connectivity index (χ0v) is 14.1. The van der Waals surface area contributed by atoms with E-state index in [9.17, 15) is 0 Å². The van der Waals surface area contributed by atoms with Gasteiger partial charge in [0.05, 0.1) is 0 Å². The first kappa shape index (κ1) is 15.6. The van der Waals surface area contributed by atoms with Crippen LogP contribution in [0.15, 0.2) is 53.0 Å². The lowest BCUT2D eigenvalue weighted by atomic mass is 10.0. The molecule has 3 heteroatoms. The van der Waals surface area contributed by atoms with Crippen LogP contribution in [-0.2, 0) is 0 Å². The summed E-state index contributed by atoms with van der Waals surface area (Å²) in [6.07, 6.45) is 1.02. The van der Waals surface area contributed by atoms with E-state index >= 15 is 0 Å². The summed E-state index contributed by atoms with van der Waals surface area (Å²) >= 11 is 9.70. The number of nitrogens with one attached hydrogen (secondary N) is 1. The van der Waals surface area contributed by atoms with Crippen molar-refractivity contribution in [3.8, 4) is 0 Å². The second-order valence-electron chi connectivity index (χ2n) is 4.93. The van der Waals surface area contributed by atoms with Crippen molar-refractivity contribution in [3.63, 3.8) is 0 Å². The van der Waals surface area contributed by atoms with E-state index in [0.29, 0.717) is 6.04 Å². The van der Waals surface area contributed by atoms with Gasteiger partial charge in [-0.3, -0.25) is 0 Å². The summed E-state index contributed by atoms with van der Waals surface area (Å²) in [7, 11) is 0. The molecule has 0 aromatic heterocycles. The SMILES string of the molecule is CCC(NC(C)c1ccccc1Br)c1cccc(Cl)c1. The molecule has 0 spiro atoms. The van der Waals surface area contributed by atoms with Crippen LogP contribution in [0, 0.1) is 0 Å². The lowest BCUT2D eigenvalue weighted by Gasteiger charge is -2.24. The minimum absolute atomic E-state index is 0.273. The first-order chi connectivity index (χ1) is 9.61. The van der Waals surface area contributed by atoms with Gasteiger partial charge in [-0.25, -0.2) is 0 Å². The van der Waals surface area contributed by atoms with Gasteiger partial charge in [0.15, 0.2) is 0 Å². The molecular weight excluding hydrogens is 334 g/mol. The third kappa shape index (κ3) is 3.85. The molecule has 0 aliphatic carbocycles. The highest BCUT2D eigenvalue weighted by molar-refractivity contribution is 9.10. The maximum atomic E-state index is 6.09. The molecule has 2 aromatic rings. The number of hydrogen-bond acceptors (Lipinski definition) is 1. The lowest BCUT2D eigenvalue weighted by Crippen LogP contribution is -2.24. The fraction of sp³-hybridized carbons (Fsp3) is 0.294. The molecule has 1 nitrogen and oxygen atoms in total. The molecule has 2 aromatic carbocycles. The third-order valence-corrected chi connectivity index (χ3v) is 4.44. The van der Waals surface area contributed by atoms with Gasteiger partial charge in [0, 0.05) is 21.6 Å². The molecule has 106 valence electrons. The van der Waals surface area contributed by atoms with Gasteiger partial charge in [-0.2, -0.15) is 0 Å². The Morgan fingerprint density at radius 2 is 1.90 bits per heavy atom. The van der Waals surface area contributed by atoms with Crippen molar-refractivity contribution in [2.75, 3.05) is 0 Å². The van der Waals surface area contributed by atoms with Gasteiger partial charge in [-0.1, -0.05) is 64.8 Å². The van der Waals surface area contributed by atoms with Gasteiger partial charge in [0.25, 0.3) is 0 Å². The first-order valence-electron chi connectivity index (χ1n) is 6.87. The van der Waals surface area contributed by atoms with E-state index in [4.69, 9.17) is 11.6 Å². The molecule has 2 unspecified atom stereocenters. The summed E-state index contributed by atoms with van der Waals surface area (Å²) in [6, 6.07) is 17.0. The van der Waals surface area contributed by atoms with Crippen LogP contribution in [0.3, 0.4) is 0 Å². The molecule has 1 N–H and O–H groups in total. The number of hydrogen-bond donors (Lipinski definition) is 1. The van der Waals surface area contributed by atoms with E-state index in [1.165, 1.54) is 11.1 Å². The summed E-state index contributed by atoms with van der Waals surface area (Å²) < 4.78 is 1.14. The molecule has 0 saturated carbocycles. The zero-order valence-electron chi connectivity index (χ0n) is 11.7. The Kier molecular flexibility index (Phi) is 5.64. The van der Waals surface area contributed by atoms with Crippen molar-refractivity contribution >= 4 is 27.5 Å². The van der Waals surface area contributed by atoms with Crippen molar-refractivity contribution in [2.24, 2.45) is 0 Å². The fourth-order valence-electron chi connectivity index (χ4n) is 2.39. The third-order valence-electron chi connectivity index (χ3n) is 3.48. The van der Waals surface area contributed by atoms with Crippen LogP contribution in [0.1, 0.15) is 43.5 Å². The van der Waals surface area contributed by atoms with Crippen LogP contribution in [0.25, 0.3) is 0 Å². The Hall–Kier alpha value is -0.830. The van der Waals surface area contributed by atoms with Crippen LogP contribution in [0.2, 0.25) is 5.02 Å². The van der Waals surface area contributed by atoms with Crippen molar-refractivity contribution in [2.45, 2.75) is 32.4 Å². The van der Waals surface area contributed by atoms with Crippen LogP contribution in [-0.4, -0.2) is 0 Å². The predicted octanol–water partition coefficient (Wildman–Crippen LogP) is 5.90. The number of halogens is 2. The molecule has 2 rings (SSSR count). The van der Waals surface area contributed by atoms with E-state index in [-0.39, 0.29) is 6.04 Å². The molecule has 2 atom stereocenters. The molecule has 0 heterocycles. The van der Waals surface area contributed by atoms with Gasteiger partial charge in [-0.05, 0) is 42.7 Å². The van der Waals surface area contributed by atoms with Gasteiger partial charge in [0.1, 0.15) is 0 Å². The Morgan fingerprint density at radius 1 is 1.15 bits per heavy atom. The van der Waals surface area contributed by atoms with Crippen molar-refractivity contribution in [3.05, 3.63) is 69.2 Å². The Bertz CT molecular complexity index is 570. The monoisotopic (exact) mass is 351 g/mol. The van der Waals surface area contributed by atoms with Gasteiger partial charge in [-0.15, -0.1) is 0 Å². The molecule has 0 aliphatic rings. The summed E-state index contributed by atoms with van der Waals surface area (Å²) in [5, 5.41) is 4.47. The molecule has 0 saturated heterocycles. The number of rotatable bonds is 5. The molecule has 0 bridgehead atoms. The van der Waals surface area contributed by atoms with Crippen molar-refractivity contribution in [1.29, 1.82) is 0 Å². The quantitative estimate of drug-likeness (QED) is 0.706. The molecule has 0 fully saturated rings. The van der Waals surface area contributed by atoms with Gasteiger partial charge in [0.2, 0.25) is 0 Å². The van der Waals surface area contributed by atoms with E-state index in [1.54, 1.807) is 0 Å². The average Bonchev–Trinajstić information content (AvgIpc) is 2.45. The zero-order chi connectivity index (χ0) is 14.5. The minimum atomic E-state index is 0.273. The highest BCUT2D eigenvalue weighted by Gasteiger charge is 2.15.